The van der Waals surface area contributed by atoms with Crippen LogP contribution < -0.4 is 0 Å². The molecule has 0 fully saturated rings. The van der Waals surface area contributed by atoms with Gasteiger partial charge in [-0.1, -0.05) is 12.1 Å². The summed E-state index contributed by atoms with van der Waals surface area (Å²) in [6.45, 7) is 0.0276. The highest BCUT2D eigenvalue weighted by molar-refractivity contribution is 5.67. The Bertz CT molecular complexity index is 477. The standard InChI is InChI=1S/C12H12N2O3/c15-12(16)8-17-7-10-1-3-11(4-2-10)14-6-5-13-9-14/h1-6,9H,7-8H2,(H,15,16). The largest absolute Gasteiger partial charge is 0.480 e. The number of carboxylic acids is 1. The monoisotopic (exact) mass is 232 g/mol. The molecule has 5 nitrogen and oxygen atoms in total. The number of carbonyl (C=O) groups is 1. The van der Waals surface area contributed by atoms with Crippen molar-refractivity contribution in [1.82, 2.24) is 9.55 Å². The summed E-state index contributed by atoms with van der Waals surface area (Å²) in [5.74, 6) is -0.958. The molecule has 0 unspecified atom stereocenters. The average molecular weight is 232 g/mol. The highest BCUT2D eigenvalue weighted by Gasteiger charge is 1.99. The van der Waals surface area contributed by atoms with E-state index >= 15 is 0 Å². The third kappa shape index (κ3) is 3.15. The first-order valence-corrected chi connectivity index (χ1v) is 5.12. The van der Waals surface area contributed by atoms with E-state index in [4.69, 9.17) is 9.84 Å². The number of aliphatic carboxylic acids is 1. The van der Waals surface area contributed by atoms with Gasteiger partial charge >= 0.3 is 5.97 Å². The predicted molar refractivity (Wildman–Crippen MR) is 60.9 cm³/mol. The van der Waals surface area contributed by atoms with Crippen molar-refractivity contribution in [2.24, 2.45) is 0 Å². The molecule has 0 radical (unpaired) electrons. The van der Waals surface area contributed by atoms with E-state index < -0.39 is 5.97 Å². The zero-order valence-electron chi connectivity index (χ0n) is 9.11. The number of imidazole rings is 1. The zero-order chi connectivity index (χ0) is 12.1. The summed E-state index contributed by atoms with van der Waals surface area (Å²) in [4.78, 5) is 14.2. The topological polar surface area (TPSA) is 64.3 Å². The molecule has 0 amide bonds. The number of rotatable bonds is 5. The molecule has 88 valence electrons. The van der Waals surface area contributed by atoms with E-state index in [1.807, 2.05) is 35.0 Å². The Labute approximate surface area is 98.3 Å². The number of hydrogen-bond acceptors (Lipinski definition) is 3. The van der Waals surface area contributed by atoms with Gasteiger partial charge in [-0.05, 0) is 17.7 Å². The molecule has 5 heteroatoms. The molecule has 2 rings (SSSR count). The molecule has 0 saturated heterocycles. The molecule has 0 spiro atoms. The Morgan fingerprint density at radius 3 is 2.71 bits per heavy atom. The summed E-state index contributed by atoms with van der Waals surface area (Å²) in [5, 5.41) is 8.43. The second-order valence-corrected chi connectivity index (χ2v) is 3.52. The third-order valence-electron chi connectivity index (χ3n) is 2.23. The van der Waals surface area contributed by atoms with Gasteiger partial charge in [-0.3, -0.25) is 0 Å². The molecule has 0 aliphatic carbocycles. The fourth-order valence-corrected chi connectivity index (χ4v) is 1.43. The van der Waals surface area contributed by atoms with Crippen molar-refractivity contribution in [2.45, 2.75) is 6.61 Å². The van der Waals surface area contributed by atoms with E-state index in [1.165, 1.54) is 0 Å². The van der Waals surface area contributed by atoms with Gasteiger partial charge in [0.1, 0.15) is 6.61 Å². The lowest BCUT2D eigenvalue weighted by Gasteiger charge is -2.04. The SMILES string of the molecule is O=C(O)COCc1ccc(-n2ccnc2)cc1. The number of carboxylic acid groups (broad SMARTS) is 1. The second kappa shape index (κ2) is 5.27. The second-order valence-electron chi connectivity index (χ2n) is 3.52. The fraction of sp³-hybridized carbons (Fsp3) is 0.167. The highest BCUT2D eigenvalue weighted by atomic mass is 16.5. The van der Waals surface area contributed by atoms with Gasteiger partial charge in [0.2, 0.25) is 0 Å². The van der Waals surface area contributed by atoms with Gasteiger partial charge in [0.15, 0.2) is 0 Å². The first-order valence-electron chi connectivity index (χ1n) is 5.12. The van der Waals surface area contributed by atoms with E-state index in [0.29, 0.717) is 6.61 Å². The minimum Gasteiger partial charge on any atom is -0.480 e. The van der Waals surface area contributed by atoms with E-state index in [-0.39, 0.29) is 6.61 Å². The molecule has 0 aliphatic rings. The molecular formula is C12H12N2O3. The number of hydrogen-bond donors (Lipinski definition) is 1. The van der Waals surface area contributed by atoms with Crippen molar-refractivity contribution >= 4 is 5.97 Å². The lowest BCUT2D eigenvalue weighted by Crippen LogP contribution is -2.06. The van der Waals surface area contributed by atoms with Crippen LogP contribution in [0.3, 0.4) is 0 Å². The van der Waals surface area contributed by atoms with Gasteiger partial charge < -0.3 is 14.4 Å². The minimum atomic E-state index is -0.958. The lowest BCUT2D eigenvalue weighted by molar-refractivity contribution is -0.142. The van der Waals surface area contributed by atoms with E-state index in [0.717, 1.165) is 11.3 Å². The van der Waals surface area contributed by atoms with Crippen molar-refractivity contribution in [2.75, 3.05) is 6.61 Å². The van der Waals surface area contributed by atoms with Crippen molar-refractivity contribution < 1.29 is 14.6 Å². The highest BCUT2D eigenvalue weighted by Crippen LogP contribution is 2.09. The molecule has 17 heavy (non-hydrogen) atoms. The molecule has 0 aliphatic heterocycles. The van der Waals surface area contributed by atoms with Crippen LogP contribution in [0, 0.1) is 0 Å². The van der Waals surface area contributed by atoms with Gasteiger partial charge in [-0.15, -0.1) is 0 Å². The van der Waals surface area contributed by atoms with E-state index in [1.54, 1.807) is 12.5 Å². The smallest absolute Gasteiger partial charge is 0.329 e. The van der Waals surface area contributed by atoms with Crippen molar-refractivity contribution in [1.29, 1.82) is 0 Å². The number of ether oxygens (including phenoxy) is 1. The molecule has 0 saturated carbocycles. The van der Waals surface area contributed by atoms with Gasteiger partial charge in [-0.25, -0.2) is 9.78 Å². The summed E-state index contributed by atoms with van der Waals surface area (Å²) in [6, 6.07) is 7.66. The first-order chi connectivity index (χ1) is 8.25. The number of nitrogens with zero attached hydrogens (tertiary/aromatic N) is 2. The van der Waals surface area contributed by atoms with Crippen molar-refractivity contribution in [3.05, 3.63) is 48.5 Å². The van der Waals surface area contributed by atoms with E-state index in [9.17, 15) is 4.79 Å². The summed E-state index contributed by atoms with van der Waals surface area (Å²) in [7, 11) is 0. The summed E-state index contributed by atoms with van der Waals surface area (Å²) in [5.41, 5.74) is 1.94. The normalized spacial score (nSPS) is 10.4. The maximum absolute atomic E-state index is 10.3. The van der Waals surface area contributed by atoms with Crippen LogP contribution in [0.5, 0.6) is 0 Å². The quantitative estimate of drug-likeness (QED) is 0.847. The first kappa shape index (κ1) is 11.3. The lowest BCUT2D eigenvalue weighted by atomic mass is 10.2. The zero-order valence-corrected chi connectivity index (χ0v) is 9.11. The Hall–Kier alpha value is -2.14. The van der Waals surface area contributed by atoms with E-state index in [2.05, 4.69) is 4.98 Å². The van der Waals surface area contributed by atoms with Crippen LogP contribution in [0.1, 0.15) is 5.56 Å². The maximum Gasteiger partial charge on any atom is 0.329 e. The average Bonchev–Trinajstić information content (AvgIpc) is 2.83. The Kier molecular flexibility index (Phi) is 3.52. The number of benzene rings is 1. The minimum absolute atomic E-state index is 0.275. The van der Waals surface area contributed by atoms with Gasteiger partial charge in [0.25, 0.3) is 0 Å². The Morgan fingerprint density at radius 2 is 2.12 bits per heavy atom. The van der Waals surface area contributed by atoms with Crippen molar-refractivity contribution in [3.63, 3.8) is 0 Å². The molecular weight excluding hydrogens is 220 g/mol. The van der Waals surface area contributed by atoms with Gasteiger partial charge in [0, 0.05) is 18.1 Å². The summed E-state index contributed by atoms with van der Waals surface area (Å²) in [6.07, 6.45) is 5.29. The molecule has 1 aromatic carbocycles. The molecule has 0 bridgehead atoms. The van der Waals surface area contributed by atoms with Gasteiger partial charge in [0.05, 0.1) is 12.9 Å². The van der Waals surface area contributed by atoms with Crippen LogP contribution >= 0.6 is 0 Å². The molecule has 2 aromatic rings. The molecule has 1 heterocycles. The maximum atomic E-state index is 10.3. The van der Waals surface area contributed by atoms with Crippen LogP contribution in [0.2, 0.25) is 0 Å². The van der Waals surface area contributed by atoms with Crippen LogP contribution in [0.15, 0.2) is 43.0 Å². The molecule has 0 atom stereocenters. The number of aromatic nitrogens is 2. The fourth-order valence-electron chi connectivity index (χ4n) is 1.43. The Balaban J connectivity index is 1.96. The summed E-state index contributed by atoms with van der Waals surface area (Å²) >= 11 is 0. The predicted octanol–water partition coefficient (Wildman–Crippen LogP) is 1.47. The molecule has 1 N–H and O–H groups in total. The van der Waals surface area contributed by atoms with Crippen LogP contribution in [0.4, 0.5) is 0 Å². The van der Waals surface area contributed by atoms with Crippen LogP contribution in [0.25, 0.3) is 5.69 Å². The van der Waals surface area contributed by atoms with Crippen LogP contribution in [-0.4, -0.2) is 27.2 Å². The van der Waals surface area contributed by atoms with Crippen LogP contribution in [-0.2, 0) is 16.1 Å². The van der Waals surface area contributed by atoms with Gasteiger partial charge in [-0.2, -0.15) is 0 Å². The summed E-state index contributed by atoms with van der Waals surface area (Å²) < 4.78 is 6.88. The van der Waals surface area contributed by atoms with Crippen molar-refractivity contribution in [3.8, 4) is 5.69 Å². The third-order valence-corrected chi connectivity index (χ3v) is 2.23. The Morgan fingerprint density at radius 1 is 1.35 bits per heavy atom. The molecule has 1 aromatic heterocycles.